The summed E-state index contributed by atoms with van der Waals surface area (Å²) in [5.74, 6) is 0.577. The van der Waals surface area contributed by atoms with Crippen molar-refractivity contribution in [2.24, 2.45) is 0 Å². The number of benzene rings is 7. The molecule has 242 valence electrons. The summed E-state index contributed by atoms with van der Waals surface area (Å²) in [6.07, 6.45) is 0. The van der Waals surface area contributed by atoms with Crippen LogP contribution >= 0.6 is 11.3 Å². The molecule has 0 saturated carbocycles. The monoisotopic (exact) mass is 674 g/mol. The van der Waals surface area contributed by atoms with E-state index in [4.69, 9.17) is 13.8 Å². The summed E-state index contributed by atoms with van der Waals surface area (Å²) in [5.41, 5.74) is 12.0. The topological polar surface area (TPSA) is 42.4 Å². The van der Waals surface area contributed by atoms with Crippen molar-refractivity contribution in [2.75, 3.05) is 4.90 Å². The smallest absolute Gasteiger partial charge is 0.227 e. The summed E-state index contributed by atoms with van der Waals surface area (Å²) < 4.78 is 15.8. The van der Waals surface area contributed by atoms with Crippen LogP contribution in [0.1, 0.15) is 25.0 Å². The van der Waals surface area contributed by atoms with Crippen LogP contribution in [0, 0.1) is 0 Å². The zero-order chi connectivity index (χ0) is 33.8. The number of thiophene rings is 1. The molecule has 0 N–H and O–H groups in total. The van der Waals surface area contributed by atoms with Gasteiger partial charge >= 0.3 is 0 Å². The molecule has 7 aromatic carbocycles. The van der Waals surface area contributed by atoms with Gasteiger partial charge in [0.25, 0.3) is 0 Å². The van der Waals surface area contributed by atoms with Gasteiger partial charge in [-0.1, -0.05) is 105 Å². The largest absolute Gasteiger partial charge is 0.456 e. The molecule has 10 aromatic rings. The van der Waals surface area contributed by atoms with Crippen LogP contribution in [0.4, 0.5) is 17.1 Å². The van der Waals surface area contributed by atoms with Crippen molar-refractivity contribution < 1.29 is 8.83 Å². The second kappa shape index (κ2) is 10.4. The summed E-state index contributed by atoms with van der Waals surface area (Å²) in [6, 6.07) is 51.6. The molecular weight excluding hydrogens is 645 g/mol. The second-order valence-corrected chi connectivity index (χ2v) is 15.0. The molecule has 0 spiro atoms. The highest BCUT2D eigenvalue weighted by Gasteiger charge is 2.38. The van der Waals surface area contributed by atoms with Crippen LogP contribution in [0.3, 0.4) is 0 Å². The molecule has 3 aromatic heterocycles. The van der Waals surface area contributed by atoms with Gasteiger partial charge in [-0.25, -0.2) is 4.98 Å². The van der Waals surface area contributed by atoms with Gasteiger partial charge in [0, 0.05) is 53.9 Å². The van der Waals surface area contributed by atoms with E-state index in [2.05, 4.69) is 116 Å². The molecule has 1 aliphatic rings. The van der Waals surface area contributed by atoms with E-state index in [0.29, 0.717) is 11.5 Å². The zero-order valence-electron chi connectivity index (χ0n) is 28.0. The maximum absolute atomic E-state index is 6.62. The van der Waals surface area contributed by atoms with Gasteiger partial charge in [0.1, 0.15) is 16.7 Å². The third-order valence-electron chi connectivity index (χ3n) is 10.7. The van der Waals surface area contributed by atoms with E-state index in [0.717, 1.165) is 50.1 Å². The predicted molar refractivity (Wildman–Crippen MR) is 212 cm³/mol. The summed E-state index contributed by atoms with van der Waals surface area (Å²) in [6.45, 7) is 4.67. The third-order valence-corrected chi connectivity index (χ3v) is 11.8. The third kappa shape index (κ3) is 4.04. The minimum absolute atomic E-state index is 0.168. The Morgan fingerprint density at radius 3 is 2.24 bits per heavy atom. The molecular formula is C46H30N2O2S. The van der Waals surface area contributed by atoms with E-state index in [1.807, 2.05) is 59.9 Å². The number of aromatic nitrogens is 1. The lowest BCUT2D eigenvalue weighted by molar-refractivity contribution is 0.617. The number of hydrogen-bond acceptors (Lipinski definition) is 5. The number of furan rings is 1. The Hall–Kier alpha value is -6.17. The number of para-hydroxylation sites is 1. The lowest BCUT2D eigenvalue weighted by atomic mass is 9.82. The van der Waals surface area contributed by atoms with Crippen molar-refractivity contribution >= 4 is 81.6 Å². The molecule has 0 amide bonds. The maximum atomic E-state index is 6.62. The molecule has 0 bridgehead atoms. The minimum atomic E-state index is -0.168. The Balaban J connectivity index is 1.31. The Morgan fingerprint density at radius 1 is 0.588 bits per heavy atom. The summed E-state index contributed by atoms with van der Waals surface area (Å²) in [7, 11) is 0. The number of rotatable bonds is 4. The van der Waals surface area contributed by atoms with Crippen LogP contribution in [0.5, 0.6) is 0 Å². The van der Waals surface area contributed by atoms with Crippen LogP contribution in [0.25, 0.3) is 75.8 Å². The molecule has 0 saturated heterocycles. The van der Waals surface area contributed by atoms with Crippen LogP contribution in [-0.2, 0) is 5.41 Å². The standard InChI is InChI=1S/C46H30N2O2S/c1-46(2)33-18-9-6-16-30(33)41-34(46)19-12-20-35(41)48(28-23-24-40-32(25-28)29-15-8-11-22-39(29)51-40)44-42-31-17-7-10-21-36(31)49-37(42)26-38-43(44)47-45(50-38)27-13-4-3-5-14-27/h3-26H,1-2H3. The molecule has 5 heteroatoms. The predicted octanol–water partition coefficient (Wildman–Crippen LogP) is 13.5. The first-order valence-corrected chi connectivity index (χ1v) is 18.1. The summed E-state index contributed by atoms with van der Waals surface area (Å²) >= 11 is 1.83. The van der Waals surface area contributed by atoms with E-state index in [-0.39, 0.29) is 5.41 Å². The fourth-order valence-corrected chi connectivity index (χ4v) is 9.42. The van der Waals surface area contributed by atoms with E-state index >= 15 is 0 Å². The normalized spacial score (nSPS) is 13.5. The van der Waals surface area contributed by atoms with E-state index in [1.54, 1.807) is 0 Å². The summed E-state index contributed by atoms with van der Waals surface area (Å²) in [5, 5.41) is 4.53. The lowest BCUT2D eigenvalue weighted by Gasteiger charge is -2.29. The molecule has 0 unspecified atom stereocenters. The van der Waals surface area contributed by atoms with Crippen molar-refractivity contribution in [3.8, 4) is 22.6 Å². The molecule has 0 fully saturated rings. The quantitative estimate of drug-likeness (QED) is 0.186. The lowest BCUT2D eigenvalue weighted by Crippen LogP contribution is -2.16. The number of hydrogen-bond donors (Lipinski definition) is 0. The first-order valence-electron chi connectivity index (χ1n) is 17.3. The van der Waals surface area contributed by atoms with Crippen LogP contribution in [0.15, 0.2) is 154 Å². The van der Waals surface area contributed by atoms with Crippen molar-refractivity contribution in [1.29, 1.82) is 0 Å². The molecule has 0 radical (unpaired) electrons. The molecule has 3 heterocycles. The van der Waals surface area contributed by atoms with Crippen LogP contribution in [0.2, 0.25) is 0 Å². The van der Waals surface area contributed by atoms with E-state index in [9.17, 15) is 0 Å². The van der Waals surface area contributed by atoms with Gasteiger partial charge in [0.05, 0.1) is 16.8 Å². The van der Waals surface area contributed by atoms with Gasteiger partial charge in [-0.05, 0) is 65.2 Å². The first-order chi connectivity index (χ1) is 25.0. The second-order valence-electron chi connectivity index (χ2n) is 13.9. The average Bonchev–Trinajstić information content (AvgIpc) is 3.92. The highest BCUT2D eigenvalue weighted by Crippen LogP contribution is 2.56. The Labute approximate surface area is 297 Å². The fourth-order valence-electron chi connectivity index (χ4n) is 8.33. The van der Waals surface area contributed by atoms with Crippen molar-refractivity contribution in [1.82, 2.24) is 4.98 Å². The Morgan fingerprint density at radius 2 is 1.33 bits per heavy atom. The average molecular weight is 675 g/mol. The molecule has 1 aliphatic carbocycles. The molecule has 0 aliphatic heterocycles. The number of fused-ring (bicyclic) bond motifs is 10. The van der Waals surface area contributed by atoms with Crippen molar-refractivity contribution in [3.05, 3.63) is 157 Å². The van der Waals surface area contributed by atoms with Gasteiger partial charge in [-0.3, -0.25) is 0 Å². The van der Waals surface area contributed by atoms with Crippen LogP contribution in [-0.4, -0.2) is 4.98 Å². The highest BCUT2D eigenvalue weighted by molar-refractivity contribution is 7.25. The highest BCUT2D eigenvalue weighted by atomic mass is 32.1. The van der Waals surface area contributed by atoms with Crippen molar-refractivity contribution in [2.45, 2.75) is 19.3 Å². The van der Waals surface area contributed by atoms with Gasteiger partial charge in [-0.2, -0.15) is 0 Å². The number of anilines is 3. The van der Waals surface area contributed by atoms with Gasteiger partial charge in [0.15, 0.2) is 5.58 Å². The van der Waals surface area contributed by atoms with Gasteiger partial charge < -0.3 is 13.7 Å². The first kappa shape index (κ1) is 28.6. The number of nitrogens with zero attached hydrogens (tertiary/aromatic N) is 2. The van der Waals surface area contributed by atoms with Crippen molar-refractivity contribution in [3.63, 3.8) is 0 Å². The minimum Gasteiger partial charge on any atom is -0.456 e. The summed E-state index contributed by atoms with van der Waals surface area (Å²) in [4.78, 5) is 7.74. The molecule has 4 nitrogen and oxygen atoms in total. The maximum Gasteiger partial charge on any atom is 0.227 e. The zero-order valence-corrected chi connectivity index (χ0v) is 28.8. The van der Waals surface area contributed by atoms with Gasteiger partial charge in [0.2, 0.25) is 5.89 Å². The fraction of sp³-hybridized carbons (Fsp3) is 0.0652. The Kier molecular flexibility index (Phi) is 5.85. The van der Waals surface area contributed by atoms with E-state index < -0.39 is 0 Å². The van der Waals surface area contributed by atoms with Crippen LogP contribution < -0.4 is 4.90 Å². The SMILES string of the molecule is CC1(C)c2ccccc2-c2c(N(c3ccc4sc5ccccc5c4c3)c3c4nc(-c5ccccc5)oc4cc4oc5ccccc5c34)cccc21. The molecule has 51 heavy (non-hydrogen) atoms. The van der Waals surface area contributed by atoms with Gasteiger partial charge in [-0.15, -0.1) is 11.3 Å². The number of oxazole rings is 1. The molecule has 11 rings (SSSR count). The van der Waals surface area contributed by atoms with E-state index in [1.165, 1.54) is 42.4 Å². The molecule has 0 atom stereocenters. The Bertz CT molecular complexity index is 3020.